The van der Waals surface area contributed by atoms with Crippen molar-refractivity contribution in [2.45, 2.75) is 19.4 Å². The van der Waals surface area contributed by atoms with Crippen LogP contribution in [0.1, 0.15) is 23.5 Å². The standard InChI is InChI=1S/C20H18ClNO4S/c1-20(2,26-13-9-7-12(21)8-10-13)19(24)22-15-5-4-6-16-14(15)11-17(27-16)18(23)25-3/h4-11H,1-3H3,(H,22,24). The van der Waals surface area contributed by atoms with Crippen molar-refractivity contribution in [3.63, 3.8) is 0 Å². The smallest absolute Gasteiger partial charge is 0.348 e. The van der Waals surface area contributed by atoms with Crippen molar-refractivity contribution in [1.82, 2.24) is 0 Å². The second-order valence-electron chi connectivity index (χ2n) is 6.34. The van der Waals surface area contributed by atoms with Gasteiger partial charge in [-0.3, -0.25) is 4.79 Å². The number of anilines is 1. The number of thiophene rings is 1. The van der Waals surface area contributed by atoms with Crippen LogP contribution in [0.15, 0.2) is 48.5 Å². The lowest BCUT2D eigenvalue weighted by molar-refractivity contribution is -0.128. The zero-order chi connectivity index (χ0) is 19.6. The number of halogens is 1. The quantitative estimate of drug-likeness (QED) is 0.599. The van der Waals surface area contributed by atoms with Crippen LogP contribution in [0.3, 0.4) is 0 Å². The van der Waals surface area contributed by atoms with Gasteiger partial charge in [0.25, 0.3) is 5.91 Å². The minimum Gasteiger partial charge on any atom is -0.478 e. The summed E-state index contributed by atoms with van der Waals surface area (Å²) in [6.45, 7) is 3.37. The molecular weight excluding hydrogens is 386 g/mol. The summed E-state index contributed by atoms with van der Waals surface area (Å²) >= 11 is 7.19. The molecule has 0 radical (unpaired) electrons. The molecule has 0 unspecified atom stereocenters. The maximum absolute atomic E-state index is 12.8. The second-order valence-corrected chi connectivity index (χ2v) is 7.86. The maximum atomic E-state index is 12.8. The fourth-order valence-corrected chi connectivity index (χ4v) is 3.62. The first-order valence-electron chi connectivity index (χ1n) is 8.17. The van der Waals surface area contributed by atoms with Gasteiger partial charge in [-0.2, -0.15) is 0 Å². The molecule has 0 saturated heterocycles. The van der Waals surface area contributed by atoms with E-state index in [0.717, 1.165) is 10.1 Å². The molecule has 0 aliphatic rings. The zero-order valence-electron chi connectivity index (χ0n) is 15.0. The minimum absolute atomic E-state index is 0.309. The zero-order valence-corrected chi connectivity index (χ0v) is 16.6. The summed E-state index contributed by atoms with van der Waals surface area (Å²) in [6, 6.07) is 14.0. The first-order chi connectivity index (χ1) is 12.8. The van der Waals surface area contributed by atoms with E-state index in [4.69, 9.17) is 21.1 Å². The van der Waals surface area contributed by atoms with Crippen LogP contribution in [0.5, 0.6) is 5.75 Å². The number of benzene rings is 2. The lowest BCUT2D eigenvalue weighted by atomic mass is 10.1. The Morgan fingerprint density at radius 3 is 2.48 bits per heavy atom. The molecule has 1 N–H and O–H groups in total. The molecule has 0 bridgehead atoms. The predicted molar refractivity (Wildman–Crippen MR) is 108 cm³/mol. The van der Waals surface area contributed by atoms with Crippen molar-refractivity contribution in [1.29, 1.82) is 0 Å². The number of hydrogen-bond donors (Lipinski definition) is 1. The Morgan fingerprint density at radius 1 is 1.11 bits per heavy atom. The van der Waals surface area contributed by atoms with Crippen LogP contribution in [0.2, 0.25) is 5.02 Å². The fraction of sp³-hybridized carbons (Fsp3) is 0.200. The van der Waals surface area contributed by atoms with Gasteiger partial charge in [0.05, 0.1) is 7.11 Å². The summed E-state index contributed by atoms with van der Waals surface area (Å²) in [5.41, 5.74) is -0.506. The van der Waals surface area contributed by atoms with Gasteiger partial charge < -0.3 is 14.8 Å². The normalized spacial score (nSPS) is 11.3. The summed E-state index contributed by atoms with van der Waals surface area (Å²) in [7, 11) is 1.34. The number of carbonyl (C=O) groups is 2. The van der Waals surface area contributed by atoms with Crippen LogP contribution in [-0.4, -0.2) is 24.6 Å². The van der Waals surface area contributed by atoms with Gasteiger partial charge in [0.2, 0.25) is 0 Å². The monoisotopic (exact) mass is 403 g/mol. The molecule has 7 heteroatoms. The van der Waals surface area contributed by atoms with E-state index in [-0.39, 0.29) is 5.91 Å². The van der Waals surface area contributed by atoms with E-state index in [0.29, 0.717) is 21.3 Å². The SMILES string of the molecule is COC(=O)c1cc2c(NC(=O)C(C)(C)Oc3ccc(Cl)cc3)cccc2s1. The molecule has 3 aromatic rings. The van der Waals surface area contributed by atoms with Crippen LogP contribution >= 0.6 is 22.9 Å². The van der Waals surface area contributed by atoms with Gasteiger partial charge in [-0.1, -0.05) is 17.7 Å². The highest BCUT2D eigenvalue weighted by Crippen LogP contribution is 2.32. The first-order valence-corrected chi connectivity index (χ1v) is 9.36. The largest absolute Gasteiger partial charge is 0.478 e. The maximum Gasteiger partial charge on any atom is 0.348 e. The Balaban J connectivity index is 1.83. The molecule has 3 rings (SSSR count). The van der Waals surface area contributed by atoms with E-state index in [2.05, 4.69) is 5.32 Å². The van der Waals surface area contributed by atoms with Crippen molar-refractivity contribution in [3.05, 3.63) is 58.4 Å². The Hall–Kier alpha value is -2.57. The van der Waals surface area contributed by atoms with E-state index in [1.807, 2.05) is 12.1 Å². The highest BCUT2D eigenvalue weighted by Gasteiger charge is 2.30. The van der Waals surface area contributed by atoms with Gasteiger partial charge in [0, 0.05) is 20.8 Å². The van der Waals surface area contributed by atoms with Crippen LogP contribution in [-0.2, 0) is 9.53 Å². The van der Waals surface area contributed by atoms with Crippen molar-refractivity contribution in [3.8, 4) is 5.75 Å². The summed E-state index contributed by atoms with van der Waals surface area (Å²) in [5.74, 6) is -0.170. The molecule has 27 heavy (non-hydrogen) atoms. The first kappa shape index (κ1) is 19.2. The van der Waals surface area contributed by atoms with Gasteiger partial charge in [-0.05, 0) is 56.3 Å². The lowest BCUT2D eigenvalue weighted by Gasteiger charge is -2.25. The van der Waals surface area contributed by atoms with Gasteiger partial charge in [0.1, 0.15) is 10.6 Å². The Morgan fingerprint density at radius 2 is 1.81 bits per heavy atom. The molecule has 2 aromatic carbocycles. The topological polar surface area (TPSA) is 64.6 Å². The minimum atomic E-state index is -1.11. The summed E-state index contributed by atoms with van der Waals surface area (Å²) in [6.07, 6.45) is 0. The Labute approximate surface area is 165 Å². The molecule has 140 valence electrons. The fourth-order valence-electron chi connectivity index (χ4n) is 2.49. The van der Waals surface area contributed by atoms with Crippen LogP contribution in [0.25, 0.3) is 10.1 Å². The molecule has 5 nitrogen and oxygen atoms in total. The van der Waals surface area contributed by atoms with Crippen LogP contribution in [0.4, 0.5) is 5.69 Å². The number of hydrogen-bond acceptors (Lipinski definition) is 5. The van der Waals surface area contributed by atoms with Crippen molar-refractivity contribution < 1.29 is 19.1 Å². The molecule has 1 amide bonds. The van der Waals surface area contributed by atoms with E-state index >= 15 is 0 Å². The summed E-state index contributed by atoms with van der Waals surface area (Å²) < 4.78 is 11.5. The van der Waals surface area contributed by atoms with Crippen LogP contribution in [0, 0.1) is 0 Å². The van der Waals surface area contributed by atoms with Crippen molar-refractivity contribution >= 4 is 50.6 Å². The molecule has 0 aliphatic heterocycles. The number of esters is 1. The summed E-state index contributed by atoms with van der Waals surface area (Å²) in [4.78, 5) is 25.0. The van der Waals surface area contributed by atoms with Crippen molar-refractivity contribution in [2.75, 3.05) is 12.4 Å². The van der Waals surface area contributed by atoms with Gasteiger partial charge in [-0.15, -0.1) is 11.3 Å². The summed E-state index contributed by atoms with van der Waals surface area (Å²) in [5, 5.41) is 4.26. The molecule has 0 atom stereocenters. The van der Waals surface area contributed by atoms with Gasteiger partial charge in [-0.25, -0.2) is 4.79 Å². The Bertz CT molecular complexity index is 995. The predicted octanol–water partition coefficient (Wildman–Crippen LogP) is 5.14. The number of amides is 1. The third-order valence-electron chi connectivity index (χ3n) is 3.93. The number of fused-ring (bicyclic) bond motifs is 1. The molecule has 1 aromatic heterocycles. The van der Waals surface area contributed by atoms with E-state index in [9.17, 15) is 9.59 Å². The van der Waals surface area contributed by atoms with E-state index in [1.165, 1.54) is 18.4 Å². The van der Waals surface area contributed by atoms with Crippen molar-refractivity contribution in [2.24, 2.45) is 0 Å². The number of nitrogens with one attached hydrogen (secondary N) is 1. The van der Waals surface area contributed by atoms with E-state index < -0.39 is 11.6 Å². The van der Waals surface area contributed by atoms with E-state index in [1.54, 1.807) is 50.2 Å². The average molecular weight is 404 g/mol. The molecular formula is C20H18ClNO4S. The second kappa shape index (κ2) is 7.58. The molecule has 0 fully saturated rings. The third-order valence-corrected chi connectivity index (χ3v) is 5.26. The number of rotatable bonds is 5. The molecule has 0 saturated carbocycles. The molecule has 0 spiro atoms. The molecule has 1 heterocycles. The molecule has 0 aliphatic carbocycles. The van der Waals surface area contributed by atoms with Gasteiger partial charge >= 0.3 is 5.97 Å². The average Bonchev–Trinajstić information content (AvgIpc) is 3.08. The lowest BCUT2D eigenvalue weighted by Crippen LogP contribution is -2.42. The Kier molecular flexibility index (Phi) is 5.39. The highest BCUT2D eigenvalue weighted by molar-refractivity contribution is 7.20. The van der Waals surface area contributed by atoms with Gasteiger partial charge in [0.15, 0.2) is 5.60 Å². The number of ether oxygens (including phenoxy) is 2. The number of methoxy groups -OCH3 is 1. The highest BCUT2D eigenvalue weighted by atomic mass is 35.5. The number of carbonyl (C=O) groups excluding carboxylic acids is 2. The third kappa shape index (κ3) is 4.23. The van der Waals surface area contributed by atoms with Crippen LogP contribution < -0.4 is 10.1 Å².